The summed E-state index contributed by atoms with van der Waals surface area (Å²) in [5, 5.41) is 13.2. The third-order valence-corrected chi connectivity index (χ3v) is 4.46. The van der Waals surface area contributed by atoms with E-state index in [2.05, 4.69) is 35.5 Å². The van der Waals surface area contributed by atoms with Crippen LogP contribution in [-0.2, 0) is 13.1 Å². The first-order chi connectivity index (χ1) is 15.5. The highest BCUT2D eigenvalue weighted by molar-refractivity contribution is 5.79. The van der Waals surface area contributed by atoms with Gasteiger partial charge in [-0.25, -0.2) is 4.98 Å². The van der Waals surface area contributed by atoms with E-state index in [0.717, 1.165) is 11.3 Å². The van der Waals surface area contributed by atoms with Crippen LogP contribution in [0.1, 0.15) is 11.4 Å². The average molecular weight is 446 g/mol. The highest BCUT2D eigenvalue weighted by Crippen LogP contribution is 2.25. The van der Waals surface area contributed by atoms with Crippen LogP contribution in [0.15, 0.2) is 47.5 Å². The van der Waals surface area contributed by atoms with E-state index in [9.17, 15) is 8.78 Å². The molecule has 0 saturated heterocycles. The molecular formula is C21H24F2N6O3. The van der Waals surface area contributed by atoms with Crippen molar-refractivity contribution in [2.24, 2.45) is 4.99 Å². The maximum Gasteiger partial charge on any atom is 0.387 e. The molecule has 3 N–H and O–H groups in total. The number of H-pyrrole nitrogens is 1. The van der Waals surface area contributed by atoms with Gasteiger partial charge in [0.1, 0.15) is 23.1 Å². The molecule has 9 nitrogen and oxygen atoms in total. The average Bonchev–Trinajstić information content (AvgIpc) is 3.28. The van der Waals surface area contributed by atoms with Crippen molar-refractivity contribution in [2.75, 3.05) is 21.3 Å². The molecular weight excluding hydrogens is 422 g/mol. The maximum atomic E-state index is 12.7. The summed E-state index contributed by atoms with van der Waals surface area (Å²) in [7, 11) is 4.70. The van der Waals surface area contributed by atoms with Crippen molar-refractivity contribution in [3.63, 3.8) is 0 Å². The second-order valence-corrected chi connectivity index (χ2v) is 6.47. The molecule has 2 aromatic carbocycles. The molecule has 11 heteroatoms. The molecule has 0 unspecified atom stereocenters. The second-order valence-electron chi connectivity index (χ2n) is 6.47. The monoisotopic (exact) mass is 446 g/mol. The topological polar surface area (TPSA) is 106 Å². The van der Waals surface area contributed by atoms with Crippen molar-refractivity contribution in [1.29, 1.82) is 0 Å². The Morgan fingerprint density at radius 1 is 1.03 bits per heavy atom. The predicted molar refractivity (Wildman–Crippen MR) is 115 cm³/mol. The minimum absolute atomic E-state index is 0.0584. The summed E-state index contributed by atoms with van der Waals surface area (Å²) in [4.78, 5) is 8.59. The molecule has 170 valence electrons. The van der Waals surface area contributed by atoms with Crippen LogP contribution in [0.3, 0.4) is 0 Å². The summed E-state index contributed by atoms with van der Waals surface area (Å²) in [5.41, 5.74) is 1.34. The van der Waals surface area contributed by atoms with Gasteiger partial charge in [0, 0.05) is 24.7 Å². The summed E-state index contributed by atoms with van der Waals surface area (Å²) in [5.74, 6) is 2.93. The summed E-state index contributed by atoms with van der Waals surface area (Å²) in [6, 6.07) is 12.0. The van der Waals surface area contributed by atoms with Crippen LogP contribution in [0, 0.1) is 0 Å². The van der Waals surface area contributed by atoms with Crippen molar-refractivity contribution < 1.29 is 23.0 Å². The van der Waals surface area contributed by atoms with Crippen molar-refractivity contribution >= 4 is 5.96 Å². The molecule has 0 saturated carbocycles. The Labute approximate surface area is 183 Å². The highest BCUT2D eigenvalue weighted by Gasteiger charge is 2.12. The molecule has 0 bridgehead atoms. The van der Waals surface area contributed by atoms with Gasteiger partial charge in [0.15, 0.2) is 11.8 Å². The fourth-order valence-corrected chi connectivity index (χ4v) is 2.84. The molecule has 0 radical (unpaired) electrons. The van der Waals surface area contributed by atoms with Crippen LogP contribution in [0.25, 0.3) is 11.4 Å². The van der Waals surface area contributed by atoms with Crippen LogP contribution < -0.4 is 24.8 Å². The van der Waals surface area contributed by atoms with Gasteiger partial charge < -0.3 is 24.8 Å². The zero-order chi connectivity index (χ0) is 22.9. The van der Waals surface area contributed by atoms with Gasteiger partial charge in [0.05, 0.1) is 20.8 Å². The molecule has 0 aliphatic carbocycles. The van der Waals surface area contributed by atoms with Gasteiger partial charge in [-0.2, -0.15) is 13.9 Å². The van der Waals surface area contributed by atoms with E-state index in [0.29, 0.717) is 35.5 Å². The summed E-state index contributed by atoms with van der Waals surface area (Å²) in [6.07, 6.45) is 0. The Kier molecular flexibility index (Phi) is 7.79. The molecule has 0 aliphatic rings. The fourth-order valence-electron chi connectivity index (χ4n) is 2.84. The zero-order valence-electron chi connectivity index (χ0n) is 17.9. The maximum absolute atomic E-state index is 12.7. The number of aromatic nitrogens is 3. The van der Waals surface area contributed by atoms with Crippen molar-refractivity contribution in [3.05, 3.63) is 53.9 Å². The Bertz CT molecular complexity index is 1040. The largest absolute Gasteiger partial charge is 0.497 e. The molecule has 1 aromatic heterocycles. The number of nitrogens with one attached hydrogen (secondary N) is 3. The lowest BCUT2D eigenvalue weighted by atomic mass is 10.2. The van der Waals surface area contributed by atoms with Gasteiger partial charge in [0.2, 0.25) is 0 Å². The van der Waals surface area contributed by atoms with E-state index in [-0.39, 0.29) is 12.3 Å². The van der Waals surface area contributed by atoms with Crippen LogP contribution in [0.2, 0.25) is 0 Å². The first-order valence-corrected chi connectivity index (χ1v) is 9.64. The molecule has 0 atom stereocenters. The molecule has 3 rings (SSSR count). The van der Waals surface area contributed by atoms with E-state index in [1.165, 1.54) is 13.2 Å². The van der Waals surface area contributed by atoms with Gasteiger partial charge >= 0.3 is 6.61 Å². The van der Waals surface area contributed by atoms with Crippen LogP contribution >= 0.6 is 0 Å². The van der Waals surface area contributed by atoms with E-state index in [1.807, 2.05) is 24.3 Å². The first-order valence-electron chi connectivity index (χ1n) is 9.64. The second kappa shape index (κ2) is 10.9. The lowest BCUT2D eigenvalue weighted by Crippen LogP contribution is -2.36. The summed E-state index contributed by atoms with van der Waals surface area (Å²) in [6.45, 7) is -2.42. The van der Waals surface area contributed by atoms with Crippen LogP contribution in [0.5, 0.6) is 17.2 Å². The van der Waals surface area contributed by atoms with Crippen molar-refractivity contribution in [3.8, 4) is 28.6 Å². The Morgan fingerprint density at radius 3 is 2.38 bits per heavy atom. The number of alkyl halides is 2. The van der Waals surface area contributed by atoms with E-state index in [1.54, 1.807) is 26.3 Å². The number of guanidine groups is 1. The molecule has 0 aliphatic heterocycles. The molecule has 32 heavy (non-hydrogen) atoms. The number of aliphatic imine (C=N–C) groups is 1. The van der Waals surface area contributed by atoms with Gasteiger partial charge in [-0.3, -0.25) is 10.1 Å². The number of methoxy groups -OCH3 is 2. The Hall–Kier alpha value is -3.89. The van der Waals surface area contributed by atoms with Gasteiger partial charge in [-0.05, 0) is 42.5 Å². The first kappa shape index (κ1) is 22.8. The lowest BCUT2D eigenvalue weighted by molar-refractivity contribution is -0.0505. The van der Waals surface area contributed by atoms with Gasteiger partial charge in [0.25, 0.3) is 0 Å². The van der Waals surface area contributed by atoms with E-state index >= 15 is 0 Å². The molecule has 3 aromatic rings. The number of aromatic amines is 1. The van der Waals surface area contributed by atoms with Crippen LogP contribution in [0.4, 0.5) is 8.78 Å². The van der Waals surface area contributed by atoms with Gasteiger partial charge in [-0.1, -0.05) is 0 Å². The zero-order valence-corrected chi connectivity index (χ0v) is 17.9. The van der Waals surface area contributed by atoms with Crippen molar-refractivity contribution in [2.45, 2.75) is 19.7 Å². The number of nitrogens with zero attached hydrogens (tertiary/aromatic N) is 3. The smallest absolute Gasteiger partial charge is 0.387 e. The number of hydrogen-bond donors (Lipinski definition) is 3. The number of ether oxygens (including phenoxy) is 3. The lowest BCUT2D eigenvalue weighted by Gasteiger charge is -2.15. The Morgan fingerprint density at radius 2 is 1.72 bits per heavy atom. The normalized spacial score (nSPS) is 11.4. The Balaban J connectivity index is 1.59. The van der Waals surface area contributed by atoms with Crippen LogP contribution in [-0.4, -0.2) is 49.0 Å². The number of benzene rings is 2. The predicted octanol–water partition coefficient (Wildman–Crippen LogP) is 2.96. The molecule has 0 amide bonds. The fraction of sp³-hybridized carbons (Fsp3) is 0.286. The number of rotatable bonds is 9. The van der Waals surface area contributed by atoms with Gasteiger partial charge in [-0.15, -0.1) is 0 Å². The highest BCUT2D eigenvalue weighted by atomic mass is 19.3. The summed E-state index contributed by atoms with van der Waals surface area (Å²) < 4.78 is 40.3. The SMILES string of the molecule is CN=C(NCc1nc(-c2ccc(OC)cc2)n[nH]1)NCc1cc(OC)ccc1OC(F)F. The standard InChI is InChI=1S/C21H24F2N6O3/c1-24-21(25-11-14-10-16(31-3)8-9-17(14)32-20(22)23)26-12-18-27-19(29-28-18)13-4-6-15(30-2)7-5-13/h4-10,20H,11-12H2,1-3H3,(H2,24,25,26)(H,27,28,29). The third-order valence-electron chi connectivity index (χ3n) is 4.46. The third kappa shape index (κ3) is 6.06. The molecule has 0 fully saturated rings. The van der Waals surface area contributed by atoms with E-state index in [4.69, 9.17) is 9.47 Å². The minimum Gasteiger partial charge on any atom is -0.497 e. The van der Waals surface area contributed by atoms with Crippen molar-refractivity contribution in [1.82, 2.24) is 25.8 Å². The number of halogens is 2. The summed E-state index contributed by atoms with van der Waals surface area (Å²) >= 11 is 0. The quantitative estimate of drug-likeness (QED) is 0.343. The minimum atomic E-state index is -2.93. The molecule has 1 heterocycles. The number of hydrogen-bond acceptors (Lipinski definition) is 6. The molecule has 0 spiro atoms. The van der Waals surface area contributed by atoms with E-state index < -0.39 is 6.61 Å².